The molecular weight excluding hydrogens is 1010 g/mol. The molecule has 5 nitrogen and oxygen atoms in total. The lowest BCUT2D eigenvalue weighted by atomic mass is 9.63. The quantitative estimate of drug-likeness (QED) is 0.112. The molecule has 0 atom stereocenters. The molecule has 0 bridgehead atoms. The molecule has 0 saturated heterocycles. The van der Waals surface area contributed by atoms with E-state index < -0.39 is 97.2 Å². The van der Waals surface area contributed by atoms with Gasteiger partial charge >= 0.3 is 0 Å². The average molecular weight is 1110 g/mol. The van der Waals surface area contributed by atoms with Crippen molar-refractivity contribution in [3.63, 3.8) is 0 Å². The van der Waals surface area contributed by atoms with Gasteiger partial charge in [-0.05, 0) is 168 Å². The number of pyridine rings is 1. The van der Waals surface area contributed by atoms with Crippen LogP contribution in [-0.4, -0.2) is 14.1 Å². The number of hydrogen-bond acceptors (Lipinski definition) is 2. The molecule has 418 valence electrons. The van der Waals surface area contributed by atoms with Crippen LogP contribution in [0, 0.1) is 13.2 Å². The maximum Gasteiger partial charge on any atom is 0.269 e. The maximum absolute atomic E-state index is 10.3. The lowest BCUT2D eigenvalue weighted by Crippen LogP contribution is -2.33. The van der Waals surface area contributed by atoms with Gasteiger partial charge in [0.15, 0.2) is 0 Å². The summed E-state index contributed by atoms with van der Waals surface area (Å²) in [5.41, 5.74) is 0.654. The summed E-state index contributed by atoms with van der Waals surface area (Å²) in [6.45, 7) is 4.35. The highest BCUT2D eigenvalue weighted by molar-refractivity contribution is 6.09. The number of aromatic nitrogens is 4. The molecule has 0 N–H and O–H groups in total. The second kappa shape index (κ2) is 19.0. The van der Waals surface area contributed by atoms with Crippen LogP contribution < -0.4 is 9.30 Å². The molecule has 3 heterocycles. The molecule has 0 fully saturated rings. The van der Waals surface area contributed by atoms with E-state index in [2.05, 4.69) is 93.8 Å². The lowest BCUT2D eigenvalue weighted by molar-refractivity contribution is -0.571. The third-order valence-electron chi connectivity index (χ3n) is 17.5. The smallest absolute Gasteiger partial charge is 0.269 e. The minimum Gasteiger partial charge on any atom is -0.458 e. The Hall–Kier alpha value is -8.02. The Bertz CT molecular complexity index is 5140. The van der Waals surface area contributed by atoms with Gasteiger partial charge in [0, 0.05) is 49.2 Å². The molecule has 11 aromatic rings. The van der Waals surface area contributed by atoms with Crippen molar-refractivity contribution in [3.8, 4) is 62.1 Å². The fourth-order valence-corrected chi connectivity index (χ4v) is 12.7. The number of para-hydroxylation sites is 4. The summed E-state index contributed by atoms with van der Waals surface area (Å²) in [5, 5.41) is 1.79. The van der Waals surface area contributed by atoms with E-state index in [0.717, 1.165) is 45.8 Å². The summed E-state index contributed by atoms with van der Waals surface area (Å²) in [6.07, 6.45) is 5.79. The summed E-state index contributed by atoms with van der Waals surface area (Å²) in [7, 11) is 0. The molecule has 0 unspecified atom stereocenters. The first-order valence-electron chi connectivity index (χ1n) is 37.6. The summed E-state index contributed by atoms with van der Waals surface area (Å²) < 4.78 is 176. The van der Waals surface area contributed by atoms with Gasteiger partial charge < -0.3 is 4.74 Å². The van der Waals surface area contributed by atoms with E-state index in [0.29, 0.717) is 56.2 Å². The standard InChI is InChI=1S/C78H80N4O/c1-49-38-71(79-46-62(49)51-31-34-63-65(42-51)76(10,11)37-36-75(63,8)9)82-67-27-17-16-24-60(67)61-33-32-57(45-70(61)82)83-56-23-20-22-55(44-56)80-48-81(69-29-19-18-28-68(69)80)72-58(50-30-35-64-66(41-50)78(14,15)47-77(64,12)13)25-21-26-59(72)52-39-53(73(2,3)4)43-54(40-52)74(5,6)7/h16-35,38-46H,36-37,47H2,1-15H3/i1D3,12D3,13D3,14D3,15D3,30D,35D,41D. The van der Waals surface area contributed by atoms with Crippen molar-refractivity contribution in [1.29, 1.82) is 0 Å². The predicted molar refractivity (Wildman–Crippen MR) is 347 cm³/mol. The number of imidazole rings is 1. The fraction of sp³-hybridized carbons (Fsp3) is 0.308. The van der Waals surface area contributed by atoms with Gasteiger partial charge in [-0.15, -0.1) is 0 Å². The number of hydrogen-bond donors (Lipinski definition) is 0. The van der Waals surface area contributed by atoms with E-state index in [1.54, 1.807) is 39.6 Å². The van der Waals surface area contributed by atoms with Crippen LogP contribution >= 0.6 is 0 Å². The summed E-state index contributed by atoms with van der Waals surface area (Å²) >= 11 is 0. The van der Waals surface area contributed by atoms with E-state index in [1.807, 2.05) is 114 Å². The van der Waals surface area contributed by atoms with Crippen molar-refractivity contribution in [3.05, 3.63) is 221 Å². The number of ether oxygens (including phenoxy) is 1. The van der Waals surface area contributed by atoms with Crippen LogP contribution in [0.1, 0.15) is 180 Å². The molecular formula is C78H80N4O. The fourth-order valence-electron chi connectivity index (χ4n) is 12.7. The van der Waals surface area contributed by atoms with Crippen molar-refractivity contribution in [2.24, 2.45) is 0 Å². The Morgan fingerprint density at radius 2 is 1.22 bits per heavy atom. The van der Waals surface area contributed by atoms with Crippen LogP contribution in [0.3, 0.4) is 0 Å². The summed E-state index contributed by atoms with van der Waals surface area (Å²) in [5.74, 6) is 1.27. The minimum absolute atomic E-state index is 0.0305. The Morgan fingerprint density at radius 1 is 0.554 bits per heavy atom. The number of nitrogens with zero attached hydrogens (tertiary/aromatic N) is 4. The number of rotatable bonds is 8. The highest BCUT2D eigenvalue weighted by Gasteiger charge is 2.42. The lowest BCUT2D eigenvalue weighted by Gasteiger charge is -2.42. The second-order valence-corrected chi connectivity index (χ2v) is 26.5. The van der Waals surface area contributed by atoms with E-state index in [9.17, 15) is 4.11 Å². The van der Waals surface area contributed by atoms with E-state index >= 15 is 0 Å². The molecule has 0 spiro atoms. The second-order valence-electron chi connectivity index (χ2n) is 26.5. The number of aryl methyl sites for hydroxylation is 1. The van der Waals surface area contributed by atoms with Crippen molar-refractivity contribution in [1.82, 2.24) is 14.1 Å². The predicted octanol–water partition coefficient (Wildman–Crippen LogP) is 20.2. The molecule has 0 amide bonds. The molecule has 8 aromatic carbocycles. The van der Waals surface area contributed by atoms with Gasteiger partial charge in [0.2, 0.25) is 0 Å². The zero-order valence-corrected chi connectivity index (χ0v) is 48.8. The van der Waals surface area contributed by atoms with Gasteiger partial charge in [0.1, 0.15) is 17.3 Å². The van der Waals surface area contributed by atoms with Gasteiger partial charge in [-0.1, -0.05) is 218 Å². The van der Waals surface area contributed by atoms with Crippen molar-refractivity contribution in [2.75, 3.05) is 0 Å². The normalized spacial score (nSPS) is 20.1. The molecule has 0 saturated carbocycles. The van der Waals surface area contributed by atoms with Crippen LogP contribution in [0.4, 0.5) is 0 Å². The first kappa shape index (κ1) is 37.2. The first-order valence-corrected chi connectivity index (χ1v) is 28.6. The first-order chi connectivity index (χ1) is 46.7. The molecule has 0 aliphatic heterocycles. The Labute approximate surface area is 518 Å². The van der Waals surface area contributed by atoms with Gasteiger partial charge in [-0.2, -0.15) is 0 Å². The van der Waals surface area contributed by atoms with Crippen LogP contribution in [0.2, 0.25) is 0 Å². The Balaban J connectivity index is 0.992. The average Bonchev–Trinajstić information content (AvgIpc) is 1.49. The van der Waals surface area contributed by atoms with Crippen molar-refractivity contribution >= 4 is 32.8 Å². The van der Waals surface area contributed by atoms with E-state index in [-0.39, 0.29) is 27.6 Å². The molecule has 2 aliphatic carbocycles. The molecule has 2 aliphatic rings. The third kappa shape index (κ3) is 9.30. The molecule has 0 radical (unpaired) electrons. The maximum atomic E-state index is 10.3. The largest absolute Gasteiger partial charge is 0.458 e. The van der Waals surface area contributed by atoms with Crippen LogP contribution in [-0.2, 0) is 32.5 Å². The van der Waals surface area contributed by atoms with Crippen molar-refractivity contribution < 1.29 is 34.0 Å². The highest BCUT2D eigenvalue weighted by Crippen LogP contribution is 2.52. The molecule has 3 aromatic heterocycles. The summed E-state index contributed by atoms with van der Waals surface area (Å²) in [6, 6.07) is 44.9. The van der Waals surface area contributed by atoms with Crippen LogP contribution in [0.25, 0.3) is 83.4 Å². The van der Waals surface area contributed by atoms with Crippen LogP contribution in [0.5, 0.6) is 11.5 Å². The number of benzene rings is 8. The third-order valence-corrected chi connectivity index (χ3v) is 17.5. The monoisotopic (exact) mass is 1110 g/mol. The highest BCUT2D eigenvalue weighted by atomic mass is 16.5. The van der Waals surface area contributed by atoms with Gasteiger partial charge in [0.05, 0.1) is 37.6 Å². The Morgan fingerprint density at radius 3 is 1.95 bits per heavy atom. The van der Waals surface area contributed by atoms with Gasteiger partial charge in [-0.3, -0.25) is 13.7 Å². The topological polar surface area (TPSA) is 35.9 Å². The zero-order valence-electron chi connectivity index (χ0n) is 66.8. The van der Waals surface area contributed by atoms with Gasteiger partial charge in [0.25, 0.3) is 6.33 Å². The van der Waals surface area contributed by atoms with Crippen molar-refractivity contribution in [2.45, 2.75) is 155 Å². The molecule has 5 heteroatoms. The number of fused-ring (bicyclic) bond motifs is 6. The zero-order chi connectivity index (χ0) is 73.4. The van der Waals surface area contributed by atoms with E-state index in [4.69, 9.17) is 30.3 Å². The molecule has 83 heavy (non-hydrogen) atoms. The molecule has 13 rings (SSSR count). The van der Waals surface area contributed by atoms with Crippen LogP contribution in [0.15, 0.2) is 176 Å². The SMILES string of the molecule is [2H]c1c([2H])c2c(c([2H])c1-c1cccc(-c3cc(C(C)(C)C)cc(C(C)(C)C)c3)c1-[n+]1[c-]n(-c3cccc(Oc4ccc5c6ccccc6n(-c6cc(C([2H])([2H])[2H])c(-c7ccc8c(c7)C(C)(C)CCC8(C)C)cn6)c5c4)c3)c3ccccc31)C(C([2H])([2H])[2H])(C([2H])([2H])[2H])CC2(C([2H])([2H])[2H])C([2H])([2H])[2H]. The summed E-state index contributed by atoms with van der Waals surface area (Å²) in [4.78, 5) is 5.06. The van der Waals surface area contributed by atoms with Gasteiger partial charge in [-0.25, -0.2) is 4.98 Å². The van der Waals surface area contributed by atoms with E-state index in [1.165, 1.54) is 11.1 Å². The minimum atomic E-state index is -3.69. The Kier molecular flexibility index (Phi) is 8.53.